The average Bonchev–Trinajstić information content (AvgIpc) is 3.40. The number of nitrogens with one attached hydrogen (secondary N) is 1. The molecule has 1 aliphatic rings. The maximum Gasteiger partial charge on any atom is 0.150 e. The van der Waals surface area contributed by atoms with Crippen LogP contribution < -0.4 is 14.5 Å². The minimum Gasteiger partial charge on any atom is -0.497 e. The van der Waals surface area contributed by atoms with E-state index in [2.05, 4.69) is 38.2 Å². The van der Waals surface area contributed by atoms with E-state index in [4.69, 9.17) is 9.26 Å². The summed E-state index contributed by atoms with van der Waals surface area (Å²) in [7, 11) is 1.69. The zero-order chi connectivity index (χ0) is 20.5. The highest BCUT2D eigenvalue weighted by Gasteiger charge is 2.24. The van der Waals surface area contributed by atoms with Gasteiger partial charge in [-0.1, -0.05) is 5.16 Å². The zero-order valence-electron chi connectivity index (χ0n) is 17.1. The Labute approximate surface area is 178 Å². The van der Waals surface area contributed by atoms with Crippen LogP contribution in [-0.2, 0) is 6.54 Å². The number of nitrogens with zero attached hydrogens (tertiary/aromatic N) is 4. The van der Waals surface area contributed by atoms with Gasteiger partial charge in [-0.25, -0.2) is 9.97 Å². The molecule has 30 heavy (non-hydrogen) atoms. The maximum atomic E-state index is 5.27. The van der Waals surface area contributed by atoms with Gasteiger partial charge in [-0.15, -0.1) is 11.3 Å². The van der Waals surface area contributed by atoms with Crippen molar-refractivity contribution in [1.29, 1.82) is 0 Å². The van der Waals surface area contributed by atoms with Crippen molar-refractivity contribution >= 4 is 27.4 Å². The molecule has 4 aromatic rings. The van der Waals surface area contributed by atoms with Crippen molar-refractivity contribution in [3.8, 4) is 16.2 Å². The van der Waals surface area contributed by atoms with Gasteiger partial charge in [0.2, 0.25) is 0 Å². The molecule has 5 rings (SSSR count). The first kappa shape index (κ1) is 19.0. The van der Waals surface area contributed by atoms with Crippen molar-refractivity contribution in [3.05, 3.63) is 54.2 Å². The number of fused-ring (bicyclic) bond motifs is 1. The molecule has 1 saturated heterocycles. The van der Waals surface area contributed by atoms with Crippen LogP contribution in [0.25, 0.3) is 20.7 Å². The number of thiophene rings is 1. The number of benzene rings is 1. The summed E-state index contributed by atoms with van der Waals surface area (Å²) in [6.45, 7) is 6.88. The van der Waals surface area contributed by atoms with Crippen LogP contribution in [-0.4, -0.2) is 48.4 Å². The molecule has 0 bridgehead atoms. The molecular weight excluding hydrogens is 398 g/mol. The molecule has 7 nitrogen and oxygen atoms in total. The largest absolute Gasteiger partial charge is 0.497 e. The molecule has 0 amide bonds. The third kappa shape index (κ3) is 3.76. The molecular formula is C22H24N5O2S+. The van der Waals surface area contributed by atoms with Crippen molar-refractivity contribution in [2.24, 2.45) is 0 Å². The highest BCUT2D eigenvalue weighted by Crippen LogP contribution is 2.37. The molecule has 8 heteroatoms. The summed E-state index contributed by atoms with van der Waals surface area (Å²) in [5.74, 6) is 2.78. The van der Waals surface area contributed by atoms with Crippen molar-refractivity contribution < 1.29 is 14.2 Å². The third-order valence-electron chi connectivity index (χ3n) is 5.54. The van der Waals surface area contributed by atoms with Gasteiger partial charge in [-0.3, -0.25) is 0 Å². The molecule has 154 valence electrons. The number of anilines is 1. The summed E-state index contributed by atoms with van der Waals surface area (Å²) in [5, 5.41) is 4.13. The Morgan fingerprint density at radius 3 is 2.63 bits per heavy atom. The number of hydrogen-bond donors (Lipinski definition) is 1. The topological polar surface area (TPSA) is 68.7 Å². The van der Waals surface area contributed by atoms with Gasteiger partial charge in [0.05, 0.1) is 43.5 Å². The molecule has 0 spiro atoms. The van der Waals surface area contributed by atoms with E-state index in [1.807, 2.05) is 25.1 Å². The van der Waals surface area contributed by atoms with Crippen molar-refractivity contribution in [1.82, 2.24) is 15.1 Å². The molecule has 0 unspecified atom stereocenters. The fourth-order valence-corrected chi connectivity index (χ4v) is 5.07. The lowest BCUT2D eigenvalue weighted by Gasteiger charge is -2.32. The first-order chi connectivity index (χ1) is 14.7. The fraction of sp³-hybridized carbons (Fsp3) is 0.318. The van der Waals surface area contributed by atoms with Crippen molar-refractivity contribution in [2.75, 3.05) is 38.2 Å². The summed E-state index contributed by atoms with van der Waals surface area (Å²) >= 11 is 1.75. The van der Waals surface area contributed by atoms with Gasteiger partial charge >= 0.3 is 0 Å². The minimum absolute atomic E-state index is 0.862. The molecule has 0 saturated carbocycles. The number of hydrogen-bond acceptors (Lipinski definition) is 7. The molecule has 3 aromatic heterocycles. The highest BCUT2D eigenvalue weighted by atomic mass is 32.1. The van der Waals surface area contributed by atoms with Gasteiger partial charge in [0.25, 0.3) is 0 Å². The second kappa shape index (κ2) is 8.04. The van der Waals surface area contributed by atoms with E-state index >= 15 is 0 Å². The van der Waals surface area contributed by atoms with Crippen LogP contribution in [0.2, 0.25) is 0 Å². The van der Waals surface area contributed by atoms with Gasteiger partial charge in [-0.05, 0) is 42.8 Å². The van der Waals surface area contributed by atoms with E-state index in [0.717, 1.165) is 66.0 Å². The van der Waals surface area contributed by atoms with Crippen molar-refractivity contribution in [3.63, 3.8) is 0 Å². The van der Waals surface area contributed by atoms with Crippen LogP contribution >= 0.6 is 11.3 Å². The monoisotopic (exact) mass is 422 g/mol. The minimum atomic E-state index is 0.862. The Morgan fingerprint density at radius 1 is 1.13 bits per heavy atom. The van der Waals surface area contributed by atoms with E-state index in [0.29, 0.717) is 0 Å². The lowest BCUT2D eigenvalue weighted by atomic mass is 10.2. The molecule has 1 fully saturated rings. The van der Waals surface area contributed by atoms with E-state index in [1.165, 1.54) is 15.3 Å². The summed E-state index contributed by atoms with van der Waals surface area (Å²) < 4.78 is 11.6. The SMILES string of the molecule is COc1ccc(-c2cc3ncnc(N4CC[NH+](Cc5cc(C)on5)CC4)c3s2)cc1. The quantitative estimate of drug-likeness (QED) is 0.533. The Kier molecular flexibility index (Phi) is 5.10. The Morgan fingerprint density at radius 2 is 1.93 bits per heavy atom. The normalized spacial score (nSPS) is 15.1. The summed E-state index contributed by atoms with van der Waals surface area (Å²) in [5.41, 5.74) is 3.20. The molecule has 1 N–H and O–H groups in total. The average molecular weight is 423 g/mol. The molecule has 1 aliphatic heterocycles. The standard InChI is InChI=1S/C22H23N5O2S/c1-15-11-17(25-29-15)13-26-7-9-27(10-8-26)22-21-19(23-14-24-22)12-20(30-21)16-3-5-18(28-2)6-4-16/h3-6,11-12,14H,7-10,13H2,1-2H3/p+1. The van der Waals surface area contributed by atoms with Crippen LogP contribution in [0.1, 0.15) is 11.5 Å². The smallest absolute Gasteiger partial charge is 0.150 e. The maximum absolute atomic E-state index is 5.27. The molecule has 0 aliphatic carbocycles. The number of ether oxygens (including phenoxy) is 1. The van der Waals surface area contributed by atoms with E-state index in [9.17, 15) is 0 Å². The van der Waals surface area contributed by atoms with Gasteiger partial charge in [-0.2, -0.15) is 0 Å². The van der Waals surface area contributed by atoms with Crippen LogP contribution in [0.15, 0.2) is 47.2 Å². The van der Waals surface area contributed by atoms with Gasteiger partial charge in [0.1, 0.15) is 35.9 Å². The Bertz CT molecular complexity index is 1150. The third-order valence-corrected chi connectivity index (χ3v) is 6.71. The number of methoxy groups -OCH3 is 1. The van der Waals surface area contributed by atoms with Gasteiger partial charge < -0.3 is 19.1 Å². The zero-order valence-corrected chi connectivity index (χ0v) is 17.9. The van der Waals surface area contributed by atoms with E-state index in [1.54, 1.807) is 24.8 Å². The van der Waals surface area contributed by atoms with Crippen LogP contribution in [0.4, 0.5) is 5.82 Å². The predicted molar refractivity (Wildman–Crippen MR) is 117 cm³/mol. The van der Waals surface area contributed by atoms with Crippen LogP contribution in [0, 0.1) is 6.92 Å². The van der Waals surface area contributed by atoms with E-state index < -0.39 is 0 Å². The second-order valence-electron chi connectivity index (χ2n) is 7.59. The highest BCUT2D eigenvalue weighted by molar-refractivity contribution is 7.22. The number of piperazine rings is 1. The lowest BCUT2D eigenvalue weighted by Crippen LogP contribution is -3.13. The molecule has 1 aromatic carbocycles. The Hall–Kier alpha value is -2.97. The Balaban J connectivity index is 1.34. The summed E-state index contributed by atoms with van der Waals surface area (Å²) in [6.07, 6.45) is 1.68. The van der Waals surface area contributed by atoms with Crippen LogP contribution in [0.5, 0.6) is 5.75 Å². The predicted octanol–water partition coefficient (Wildman–Crippen LogP) is 2.57. The molecule has 0 radical (unpaired) electrons. The van der Waals surface area contributed by atoms with Gasteiger partial charge in [0.15, 0.2) is 0 Å². The first-order valence-corrected chi connectivity index (χ1v) is 10.9. The summed E-state index contributed by atoms with van der Waals surface area (Å²) in [6, 6.07) is 12.3. The fourth-order valence-electron chi connectivity index (χ4n) is 3.93. The number of aromatic nitrogens is 3. The van der Waals surface area contributed by atoms with Gasteiger partial charge in [0, 0.05) is 10.9 Å². The molecule has 4 heterocycles. The number of aryl methyl sites for hydroxylation is 1. The lowest BCUT2D eigenvalue weighted by molar-refractivity contribution is -0.914. The first-order valence-electron chi connectivity index (χ1n) is 10.1. The second-order valence-corrected chi connectivity index (χ2v) is 8.65. The molecule has 0 atom stereocenters. The van der Waals surface area contributed by atoms with Crippen molar-refractivity contribution in [2.45, 2.75) is 13.5 Å². The van der Waals surface area contributed by atoms with Crippen LogP contribution in [0.3, 0.4) is 0 Å². The number of rotatable bonds is 5. The number of quaternary nitrogens is 1. The summed E-state index contributed by atoms with van der Waals surface area (Å²) in [4.78, 5) is 14.3. The van der Waals surface area contributed by atoms with E-state index in [-0.39, 0.29) is 0 Å².